The number of halogens is 1. The molecule has 0 saturated carbocycles. The number of nitrogens with zero attached hydrogens (tertiary/aromatic N) is 1. The van der Waals surface area contributed by atoms with Crippen LogP contribution in [0, 0.1) is 5.82 Å². The van der Waals surface area contributed by atoms with Gasteiger partial charge in [0.15, 0.2) is 11.6 Å². The fraction of sp³-hybridized carbons (Fsp3) is 0.300. The second-order valence-electron chi connectivity index (χ2n) is 2.85. The molecule has 0 amide bonds. The van der Waals surface area contributed by atoms with Crippen molar-refractivity contribution in [2.75, 3.05) is 0 Å². The van der Waals surface area contributed by atoms with E-state index in [4.69, 9.17) is 0 Å². The molecule has 0 bridgehead atoms. The monoisotopic (exact) mass is 211 g/mol. The highest BCUT2D eigenvalue weighted by atomic mass is 19.1. The van der Waals surface area contributed by atoms with Crippen LogP contribution in [-0.4, -0.2) is 16.7 Å². The van der Waals surface area contributed by atoms with E-state index < -0.39 is 11.8 Å². The predicted molar refractivity (Wildman–Crippen MR) is 49.7 cm³/mol. The lowest BCUT2D eigenvalue weighted by atomic mass is 10.2. The minimum absolute atomic E-state index is 0.209. The first kappa shape index (κ1) is 11.3. The molecule has 15 heavy (non-hydrogen) atoms. The molecule has 0 aliphatic rings. The molecular weight excluding hydrogens is 201 g/mol. The number of rotatable bonds is 4. The molecule has 0 aliphatic heterocycles. The van der Waals surface area contributed by atoms with E-state index >= 15 is 0 Å². The van der Waals surface area contributed by atoms with E-state index in [-0.39, 0.29) is 24.4 Å². The topological polar surface area (TPSA) is 56.3 Å². The van der Waals surface area contributed by atoms with Gasteiger partial charge in [-0.05, 0) is 0 Å². The second kappa shape index (κ2) is 5.19. The van der Waals surface area contributed by atoms with Crippen molar-refractivity contribution < 1.29 is 18.7 Å². The summed E-state index contributed by atoms with van der Waals surface area (Å²) < 4.78 is 17.6. The van der Waals surface area contributed by atoms with Crippen molar-refractivity contribution in [2.45, 2.75) is 19.8 Å². The van der Waals surface area contributed by atoms with Crippen molar-refractivity contribution in [1.29, 1.82) is 0 Å². The molecule has 1 heterocycles. The highest BCUT2D eigenvalue weighted by Crippen LogP contribution is 2.14. The van der Waals surface area contributed by atoms with E-state index in [1.54, 1.807) is 6.92 Å². The van der Waals surface area contributed by atoms with E-state index in [1.807, 2.05) is 0 Å². The van der Waals surface area contributed by atoms with Crippen molar-refractivity contribution in [3.05, 3.63) is 24.3 Å². The van der Waals surface area contributed by atoms with Crippen LogP contribution in [0.3, 0.4) is 0 Å². The Hall–Kier alpha value is -1.78. The van der Waals surface area contributed by atoms with Crippen LogP contribution >= 0.6 is 0 Å². The first-order valence-electron chi connectivity index (χ1n) is 4.45. The summed E-state index contributed by atoms with van der Waals surface area (Å²) in [6, 6.07) is 1.23. The van der Waals surface area contributed by atoms with Gasteiger partial charge in [-0.1, -0.05) is 6.92 Å². The summed E-state index contributed by atoms with van der Waals surface area (Å²) in [6.07, 6.45) is 2.16. The van der Waals surface area contributed by atoms with Gasteiger partial charge in [-0.15, -0.1) is 0 Å². The third-order valence-electron chi connectivity index (χ3n) is 1.69. The molecule has 0 spiro atoms. The van der Waals surface area contributed by atoms with Crippen LogP contribution in [-0.2, 0) is 9.59 Å². The highest BCUT2D eigenvalue weighted by Gasteiger charge is 2.12. The van der Waals surface area contributed by atoms with Gasteiger partial charge in [0.2, 0.25) is 0 Å². The number of carbonyl (C=O) groups is 2. The number of hydrogen-bond acceptors (Lipinski definition) is 4. The summed E-state index contributed by atoms with van der Waals surface area (Å²) in [7, 11) is 0. The summed E-state index contributed by atoms with van der Waals surface area (Å²) in [5.41, 5.74) is 0. The Balaban J connectivity index is 2.59. The van der Waals surface area contributed by atoms with E-state index in [1.165, 1.54) is 12.3 Å². The molecule has 0 unspecified atom stereocenters. The fourth-order valence-corrected chi connectivity index (χ4v) is 0.890. The number of carbonyl (C=O) groups excluding carboxylic acids is 2. The first-order valence-corrected chi connectivity index (χ1v) is 4.45. The number of esters is 1. The number of aromatic nitrogens is 1. The quantitative estimate of drug-likeness (QED) is 0.559. The average Bonchev–Trinajstić information content (AvgIpc) is 2.21. The van der Waals surface area contributed by atoms with Gasteiger partial charge in [0.05, 0.1) is 6.20 Å². The van der Waals surface area contributed by atoms with Crippen molar-refractivity contribution in [2.24, 2.45) is 0 Å². The van der Waals surface area contributed by atoms with Crippen molar-refractivity contribution in [1.82, 2.24) is 4.98 Å². The molecule has 0 fully saturated rings. The zero-order chi connectivity index (χ0) is 11.3. The average molecular weight is 211 g/mol. The van der Waals surface area contributed by atoms with Gasteiger partial charge in [0, 0.05) is 18.7 Å². The lowest BCUT2D eigenvalue weighted by Gasteiger charge is -2.03. The molecule has 0 aromatic carbocycles. The number of pyridine rings is 1. The summed E-state index contributed by atoms with van der Waals surface area (Å²) >= 11 is 0. The van der Waals surface area contributed by atoms with E-state index in [0.717, 1.165) is 6.20 Å². The maximum atomic E-state index is 12.9. The first-order chi connectivity index (χ1) is 7.13. The third-order valence-corrected chi connectivity index (χ3v) is 1.69. The van der Waals surface area contributed by atoms with E-state index in [9.17, 15) is 14.0 Å². The molecule has 1 aromatic heterocycles. The largest absolute Gasteiger partial charge is 0.423 e. The predicted octanol–water partition coefficient (Wildman–Crippen LogP) is 1.50. The SMILES string of the molecule is CCC(=O)CC(=O)Oc1ccncc1F. The maximum Gasteiger partial charge on any atom is 0.318 e. The van der Waals surface area contributed by atoms with Gasteiger partial charge in [0.25, 0.3) is 0 Å². The van der Waals surface area contributed by atoms with Gasteiger partial charge >= 0.3 is 5.97 Å². The summed E-state index contributed by atoms with van der Waals surface area (Å²) in [5, 5.41) is 0. The minimum atomic E-state index is -0.757. The Morgan fingerprint density at radius 2 is 2.27 bits per heavy atom. The maximum absolute atomic E-state index is 12.9. The van der Waals surface area contributed by atoms with Crippen molar-refractivity contribution in [3.8, 4) is 5.75 Å². The fourth-order valence-electron chi connectivity index (χ4n) is 0.890. The molecule has 5 heteroatoms. The van der Waals surface area contributed by atoms with Crippen LogP contribution in [0.25, 0.3) is 0 Å². The molecule has 80 valence electrons. The van der Waals surface area contributed by atoms with Crippen LogP contribution in [0.4, 0.5) is 4.39 Å². The normalized spacial score (nSPS) is 9.73. The van der Waals surface area contributed by atoms with Crippen LogP contribution in [0.5, 0.6) is 5.75 Å². The van der Waals surface area contributed by atoms with E-state index in [0.29, 0.717) is 0 Å². The minimum Gasteiger partial charge on any atom is -0.423 e. The molecule has 1 aromatic rings. The van der Waals surface area contributed by atoms with Gasteiger partial charge in [0.1, 0.15) is 12.2 Å². The smallest absolute Gasteiger partial charge is 0.318 e. The van der Waals surface area contributed by atoms with Crippen LogP contribution in [0.1, 0.15) is 19.8 Å². The number of ether oxygens (including phenoxy) is 1. The molecule has 1 rings (SSSR count). The molecule has 0 N–H and O–H groups in total. The number of ketones is 1. The van der Waals surface area contributed by atoms with Crippen molar-refractivity contribution >= 4 is 11.8 Å². The Morgan fingerprint density at radius 1 is 1.53 bits per heavy atom. The molecule has 0 radical (unpaired) electrons. The lowest BCUT2D eigenvalue weighted by Crippen LogP contribution is -2.13. The van der Waals surface area contributed by atoms with Crippen LogP contribution in [0.15, 0.2) is 18.5 Å². The lowest BCUT2D eigenvalue weighted by molar-refractivity contribution is -0.138. The Bertz CT molecular complexity index is 379. The molecule has 4 nitrogen and oxygen atoms in total. The van der Waals surface area contributed by atoms with Gasteiger partial charge in [-0.25, -0.2) is 4.39 Å². The summed E-state index contributed by atoms with van der Waals surface area (Å²) in [6.45, 7) is 1.64. The number of hydrogen-bond donors (Lipinski definition) is 0. The Kier molecular flexibility index (Phi) is 3.91. The third kappa shape index (κ3) is 3.46. The molecular formula is C10H10FNO3. The zero-order valence-electron chi connectivity index (χ0n) is 8.20. The molecule has 0 aliphatic carbocycles. The Morgan fingerprint density at radius 3 is 2.87 bits per heavy atom. The van der Waals surface area contributed by atoms with Gasteiger partial charge < -0.3 is 4.74 Å². The van der Waals surface area contributed by atoms with Crippen LogP contribution in [0.2, 0.25) is 0 Å². The Labute approximate surface area is 86.1 Å². The molecule has 0 atom stereocenters. The summed E-state index contributed by atoms with van der Waals surface area (Å²) in [5.74, 6) is -1.94. The van der Waals surface area contributed by atoms with Crippen LogP contribution < -0.4 is 4.74 Å². The highest BCUT2D eigenvalue weighted by molar-refractivity contribution is 5.96. The van der Waals surface area contributed by atoms with E-state index in [2.05, 4.69) is 9.72 Å². The summed E-state index contributed by atoms with van der Waals surface area (Å²) in [4.78, 5) is 25.5. The van der Waals surface area contributed by atoms with Crippen molar-refractivity contribution in [3.63, 3.8) is 0 Å². The van der Waals surface area contributed by atoms with Gasteiger partial charge in [-0.2, -0.15) is 0 Å². The van der Waals surface area contributed by atoms with Gasteiger partial charge in [-0.3, -0.25) is 14.6 Å². The number of Topliss-reactive ketones (excluding diaryl/α,β-unsaturated/α-hetero) is 1. The molecule has 0 saturated heterocycles. The second-order valence-corrected chi connectivity index (χ2v) is 2.85. The zero-order valence-corrected chi connectivity index (χ0v) is 8.20. The standard InChI is InChI=1S/C10H10FNO3/c1-2-7(13)5-10(14)15-9-3-4-12-6-8(9)11/h3-4,6H,2,5H2,1H3.